The van der Waals surface area contributed by atoms with Gasteiger partial charge in [0.05, 0.1) is 5.02 Å². The third-order valence-electron chi connectivity index (χ3n) is 3.28. The topological polar surface area (TPSA) is 58.2 Å². The van der Waals surface area contributed by atoms with Crippen molar-refractivity contribution in [3.05, 3.63) is 28.8 Å². The van der Waals surface area contributed by atoms with Crippen LogP contribution in [0.4, 0.5) is 0 Å². The Balaban J connectivity index is 2.21. The smallest absolute Gasteiger partial charge is 0.242 e. The molecule has 1 aliphatic carbocycles. The fraction of sp³-hybridized carbons (Fsp3) is 0.538. The van der Waals surface area contributed by atoms with Crippen LogP contribution in [0.2, 0.25) is 5.02 Å². The maximum atomic E-state index is 12.3. The first-order chi connectivity index (χ1) is 8.94. The van der Waals surface area contributed by atoms with Gasteiger partial charge in [0.15, 0.2) is 0 Å². The van der Waals surface area contributed by atoms with Crippen LogP contribution in [0, 0.1) is 5.92 Å². The summed E-state index contributed by atoms with van der Waals surface area (Å²) in [4.78, 5) is 0.170. The molecular weight excluding hydrogens is 284 g/mol. The highest BCUT2D eigenvalue weighted by atomic mass is 35.5. The van der Waals surface area contributed by atoms with Gasteiger partial charge < -0.3 is 5.32 Å². The second kappa shape index (κ2) is 5.79. The van der Waals surface area contributed by atoms with Crippen LogP contribution in [-0.4, -0.2) is 21.0 Å². The van der Waals surface area contributed by atoms with E-state index in [4.69, 9.17) is 11.6 Å². The Kier molecular flexibility index (Phi) is 4.50. The first-order valence-electron chi connectivity index (χ1n) is 6.45. The summed E-state index contributed by atoms with van der Waals surface area (Å²) in [6, 6.07) is 5.17. The fourth-order valence-corrected chi connectivity index (χ4v) is 3.79. The second-order valence-electron chi connectivity index (χ2n) is 4.99. The van der Waals surface area contributed by atoms with Crippen molar-refractivity contribution < 1.29 is 8.42 Å². The molecule has 0 aromatic heterocycles. The quantitative estimate of drug-likeness (QED) is 0.846. The van der Waals surface area contributed by atoms with E-state index in [1.54, 1.807) is 12.1 Å². The van der Waals surface area contributed by atoms with Gasteiger partial charge in [0.25, 0.3) is 0 Å². The summed E-state index contributed by atoms with van der Waals surface area (Å²) in [6.07, 6.45) is 0.897. The van der Waals surface area contributed by atoms with Gasteiger partial charge in [-0.15, -0.1) is 0 Å². The lowest BCUT2D eigenvalue weighted by Gasteiger charge is -2.10. The van der Waals surface area contributed by atoms with E-state index in [1.165, 1.54) is 0 Å². The predicted molar refractivity (Wildman–Crippen MR) is 76.7 cm³/mol. The first-order valence-corrected chi connectivity index (χ1v) is 8.31. The molecule has 1 aromatic carbocycles. The number of halogens is 1. The molecule has 0 radical (unpaired) electrons. The van der Waals surface area contributed by atoms with Crippen molar-refractivity contribution >= 4 is 21.6 Å². The highest BCUT2D eigenvalue weighted by Gasteiger charge is 2.36. The van der Waals surface area contributed by atoms with Crippen molar-refractivity contribution in [1.82, 2.24) is 10.0 Å². The van der Waals surface area contributed by atoms with Gasteiger partial charge in [-0.05, 0) is 36.6 Å². The first kappa shape index (κ1) is 14.8. The van der Waals surface area contributed by atoms with E-state index in [-0.39, 0.29) is 16.0 Å². The molecule has 1 saturated carbocycles. The third kappa shape index (κ3) is 3.69. The molecule has 1 fully saturated rings. The summed E-state index contributed by atoms with van der Waals surface area (Å²) in [6.45, 7) is 5.50. The van der Waals surface area contributed by atoms with Crippen LogP contribution in [0.1, 0.15) is 25.8 Å². The van der Waals surface area contributed by atoms with Crippen LogP contribution in [0.3, 0.4) is 0 Å². The Morgan fingerprint density at radius 3 is 2.68 bits per heavy atom. The number of hydrogen-bond acceptors (Lipinski definition) is 3. The number of hydrogen-bond donors (Lipinski definition) is 2. The van der Waals surface area contributed by atoms with Gasteiger partial charge >= 0.3 is 0 Å². The van der Waals surface area contributed by atoms with Gasteiger partial charge in [-0.1, -0.05) is 31.5 Å². The van der Waals surface area contributed by atoms with Gasteiger partial charge in [-0.25, -0.2) is 13.1 Å². The molecule has 0 spiro atoms. The van der Waals surface area contributed by atoms with Crippen LogP contribution in [-0.2, 0) is 16.6 Å². The van der Waals surface area contributed by atoms with Crippen molar-refractivity contribution in [3.63, 3.8) is 0 Å². The lowest BCUT2D eigenvalue weighted by atomic mass is 10.2. The van der Waals surface area contributed by atoms with E-state index in [2.05, 4.69) is 10.0 Å². The van der Waals surface area contributed by atoms with Crippen molar-refractivity contribution in [2.24, 2.45) is 5.92 Å². The summed E-state index contributed by atoms with van der Waals surface area (Å²) >= 11 is 6.02. The molecule has 1 aromatic rings. The highest BCUT2D eigenvalue weighted by Crippen LogP contribution is 2.32. The SMILES string of the molecule is CCNCc1ccc(Cl)c(S(=O)(=O)NC2CC2C)c1. The number of sulfonamides is 1. The van der Waals surface area contributed by atoms with E-state index >= 15 is 0 Å². The highest BCUT2D eigenvalue weighted by molar-refractivity contribution is 7.89. The molecule has 19 heavy (non-hydrogen) atoms. The molecule has 2 N–H and O–H groups in total. The standard InChI is InChI=1S/C13H19ClN2O2S/c1-3-15-8-10-4-5-11(14)13(7-10)19(17,18)16-12-6-9(12)2/h4-5,7,9,12,15-16H,3,6,8H2,1-2H3. The van der Waals surface area contributed by atoms with E-state index in [0.29, 0.717) is 12.5 Å². The monoisotopic (exact) mass is 302 g/mol. The molecule has 1 aliphatic rings. The second-order valence-corrected chi connectivity index (χ2v) is 7.08. The molecule has 0 saturated heterocycles. The minimum absolute atomic E-state index is 0.0542. The minimum Gasteiger partial charge on any atom is -0.313 e. The average Bonchev–Trinajstić information content (AvgIpc) is 3.02. The molecule has 2 atom stereocenters. The number of benzene rings is 1. The molecule has 6 heteroatoms. The predicted octanol–water partition coefficient (Wildman–Crippen LogP) is 2.14. The van der Waals surface area contributed by atoms with Crippen LogP contribution in [0.5, 0.6) is 0 Å². The summed E-state index contributed by atoms with van der Waals surface area (Å²) in [5.74, 6) is 0.415. The molecule has 0 amide bonds. The van der Waals surface area contributed by atoms with E-state index < -0.39 is 10.0 Å². The Labute approximate surface area is 119 Å². The molecule has 2 rings (SSSR count). The number of rotatable bonds is 6. The van der Waals surface area contributed by atoms with Gasteiger partial charge in [0, 0.05) is 12.6 Å². The lowest BCUT2D eigenvalue weighted by Crippen LogP contribution is -2.27. The molecule has 2 unspecified atom stereocenters. The molecule has 0 aliphatic heterocycles. The molecule has 4 nitrogen and oxygen atoms in total. The zero-order chi connectivity index (χ0) is 14.0. The van der Waals surface area contributed by atoms with Gasteiger partial charge in [-0.2, -0.15) is 0 Å². The van der Waals surface area contributed by atoms with Crippen molar-refractivity contribution in [2.75, 3.05) is 6.54 Å². The van der Waals surface area contributed by atoms with Crippen LogP contribution in [0.25, 0.3) is 0 Å². The summed E-state index contributed by atoms with van der Waals surface area (Å²) in [5.41, 5.74) is 0.912. The van der Waals surface area contributed by atoms with Crippen molar-refractivity contribution in [3.8, 4) is 0 Å². The summed E-state index contributed by atoms with van der Waals surface area (Å²) in [7, 11) is -3.52. The maximum absolute atomic E-state index is 12.3. The Morgan fingerprint density at radius 2 is 2.11 bits per heavy atom. The van der Waals surface area contributed by atoms with Gasteiger partial charge in [-0.3, -0.25) is 0 Å². The van der Waals surface area contributed by atoms with E-state index in [1.807, 2.05) is 19.9 Å². The van der Waals surface area contributed by atoms with Crippen molar-refractivity contribution in [2.45, 2.75) is 37.8 Å². The Morgan fingerprint density at radius 1 is 1.42 bits per heavy atom. The third-order valence-corrected chi connectivity index (χ3v) is 5.25. The molecule has 0 bridgehead atoms. The lowest BCUT2D eigenvalue weighted by molar-refractivity contribution is 0.578. The maximum Gasteiger partial charge on any atom is 0.242 e. The van der Waals surface area contributed by atoms with Gasteiger partial charge in [0.1, 0.15) is 4.90 Å². The van der Waals surface area contributed by atoms with E-state index in [0.717, 1.165) is 18.5 Å². The van der Waals surface area contributed by atoms with E-state index in [9.17, 15) is 8.42 Å². The van der Waals surface area contributed by atoms with Crippen LogP contribution >= 0.6 is 11.6 Å². The zero-order valence-electron chi connectivity index (χ0n) is 11.1. The number of nitrogens with one attached hydrogen (secondary N) is 2. The summed E-state index contributed by atoms with van der Waals surface area (Å²) < 4.78 is 27.2. The zero-order valence-corrected chi connectivity index (χ0v) is 12.7. The molecule has 0 heterocycles. The molecular formula is C13H19ClN2O2S. The Hall–Kier alpha value is -0.620. The fourth-order valence-electron chi connectivity index (χ4n) is 1.88. The normalized spacial score (nSPS) is 22.5. The molecule has 106 valence electrons. The average molecular weight is 303 g/mol. The van der Waals surface area contributed by atoms with Crippen LogP contribution < -0.4 is 10.0 Å². The minimum atomic E-state index is -3.52. The Bertz CT molecular complexity index is 560. The van der Waals surface area contributed by atoms with Gasteiger partial charge in [0.2, 0.25) is 10.0 Å². The van der Waals surface area contributed by atoms with Crippen molar-refractivity contribution in [1.29, 1.82) is 0 Å². The van der Waals surface area contributed by atoms with Crippen LogP contribution in [0.15, 0.2) is 23.1 Å². The summed E-state index contributed by atoms with van der Waals surface area (Å²) in [5, 5.41) is 3.43. The largest absolute Gasteiger partial charge is 0.313 e.